The molecule has 0 saturated carbocycles. The number of carbonyl (C=O) groups is 1. The number of hydrogen-bond acceptors (Lipinski definition) is 6. The lowest BCUT2D eigenvalue weighted by Gasteiger charge is -2.35. The third-order valence-electron chi connectivity index (χ3n) is 5.32. The molecule has 11 heteroatoms. The number of halogens is 4. The van der Waals surface area contributed by atoms with E-state index in [0.717, 1.165) is 28.8 Å². The van der Waals surface area contributed by atoms with Gasteiger partial charge in [-0.2, -0.15) is 13.2 Å². The molecule has 0 fully saturated rings. The molecule has 164 valence electrons. The molecule has 4 rings (SSSR count). The molecule has 0 saturated heterocycles. The van der Waals surface area contributed by atoms with E-state index in [0.29, 0.717) is 18.9 Å². The van der Waals surface area contributed by atoms with Crippen LogP contribution in [0.4, 0.5) is 19.1 Å². The lowest BCUT2D eigenvalue weighted by Crippen LogP contribution is -2.46. The summed E-state index contributed by atoms with van der Waals surface area (Å²) >= 11 is 5.97. The van der Waals surface area contributed by atoms with Crippen LogP contribution in [0.5, 0.6) is 0 Å². The quantitative estimate of drug-likeness (QED) is 0.723. The van der Waals surface area contributed by atoms with Gasteiger partial charge in [0.25, 0.3) is 5.91 Å². The second-order valence-electron chi connectivity index (χ2n) is 7.47. The summed E-state index contributed by atoms with van der Waals surface area (Å²) in [4.78, 5) is 23.5. The Morgan fingerprint density at radius 1 is 1.23 bits per heavy atom. The van der Waals surface area contributed by atoms with Gasteiger partial charge in [0.2, 0.25) is 5.95 Å². The maximum absolute atomic E-state index is 13.2. The average molecular weight is 453 g/mol. The van der Waals surface area contributed by atoms with Gasteiger partial charge in [-0.05, 0) is 39.0 Å². The number of carbonyl (C=O) groups excluding carboxylic acids is 1. The molecule has 7 nitrogen and oxygen atoms in total. The van der Waals surface area contributed by atoms with Gasteiger partial charge in [-0.1, -0.05) is 17.7 Å². The van der Waals surface area contributed by atoms with Crippen LogP contribution in [0.25, 0.3) is 0 Å². The first-order valence-electron chi connectivity index (χ1n) is 9.61. The third kappa shape index (κ3) is 3.81. The molecule has 0 spiro atoms. The Labute approximate surface area is 181 Å². The molecule has 0 radical (unpaired) electrons. The fourth-order valence-corrected chi connectivity index (χ4v) is 4.18. The van der Waals surface area contributed by atoms with Crippen LogP contribution in [-0.2, 0) is 6.18 Å². The highest BCUT2D eigenvalue weighted by molar-refractivity contribution is 6.34. The molecule has 1 aromatic heterocycles. The van der Waals surface area contributed by atoms with Crippen molar-refractivity contribution in [1.29, 1.82) is 0 Å². The van der Waals surface area contributed by atoms with Crippen LogP contribution in [-0.4, -0.2) is 33.4 Å². The maximum atomic E-state index is 13.2. The summed E-state index contributed by atoms with van der Waals surface area (Å²) in [7, 11) is 0. The van der Waals surface area contributed by atoms with E-state index >= 15 is 0 Å². The van der Waals surface area contributed by atoms with Crippen LogP contribution in [0, 0.1) is 13.8 Å². The molecule has 2 aromatic rings. The summed E-state index contributed by atoms with van der Waals surface area (Å²) in [6.07, 6.45) is -4.18. The zero-order chi connectivity index (χ0) is 22.5. The monoisotopic (exact) mass is 452 g/mol. The highest BCUT2D eigenvalue weighted by atomic mass is 35.5. The number of hydrazine groups is 2. The Morgan fingerprint density at radius 2 is 1.90 bits per heavy atom. The van der Waals surface area contributed by atoms with Gasteiger partial charge in [0, 0.05) is 24.4 Å². The first-order chi connectivity index (χ1) is 14.6. The molecule has 0 aliphatic carbocycles. The van der Waals surface area contributed by atoms with E-state index in [9.17, 15) is 18.0 Å². The van der Waals surface area contributed by atoms with Crippen molar-refractivity contribution in [2.24, 2.45) is 0 Å². The summed E-state index contributed by atoms with van der Waals surface area (Å²) in [5.74, 6) is -0.0825. The summed E-state index contributed by atoms with van der Waals surface area (Å²) in [5, 5.41) is 1.14. The summed E-state index contributed by atoms with van der Waals surface area (Å²) in [6, 6.07) is 4.81. The number of hydrogen-bond donors (Lipinski definition) is 2. The first kappa shape index (κ1) is 21.4. The third-order valence-corrected chi connectivity index (χ3v) is 5.73. The second kappa shape index (κ2) is 7.69. The van der Waals surface area contributed by atoms with Gasteiger partial charge in [0.15, 0.2) is 0 Å². The summed E-state index contributed by atoms with van der Waals surface area (Å²) < 4.78 is 39.6. The number of rotatable bonds is 2. The van der Waals surface area contributed by atoms with Gasteiger partial charge < -0.3 is 10.3 Å². The van der Waals surface area contributed by atoms with Crippen molar-refractivity contribution < 1.29 is 18.0 Å². The van der Waals surface area contributed by atoms with Crippen molar-refractivity contribution >= 4 is 23.5 Å². The van der Waals surface area contributed by atoms with Crippen molar-refractivity contribution in [2.45, 2.75) is 39.4 Å². The largest absolute Gasteiger partial charge is 0.417 e. The van der Waals surface area contributed by atoms with Crippen LogP contribution >= 0.6 is 11.6 Å². The van der Waals surface area contributed by atoms with Crippen LogP contribution in [0.3, 0.4) is 0 Å². The number of benzene rings is 1. The van der Waals surface area contributed by atoms with Crippen molar-refractivity contribution in [3.8, 4) is 0 Å². The summed E-state index contributed by atoms with van der Waals surface area (Å²) in [5.41, 5.74) is 8.10. The van der Waals surface area contributed by atoms with E-state index in [2.05, 4.69) is 20.9 Å². The summed E-state index contributed by atoms with van der Waals surface area (Å²) in [6.45, 7) is 5.85. The van der Waals surface area contributed by atoms with E-state index in [1.165, 1.54) is 17.0 Å². The zero-order valence-corrected chi connectivity index (χ0v) is 17.8. The molecule has 0 bridgehead atoms. The first-order valence-corrected chi connectivity index (χ1v) is 9.99. The van der Waals surface area contributed by atoms with Crippen molar-refractivity contribution in [1.82, 2.24) is 25.8 Å². The van der Waals surface area contributed by atoms with E-state index in [-0.39, 0.29) is 5.56 Å². The fourth-order valence-electron chi connectivity index (χ4n) is 3.87. The lowest BCUT2D eigenvalue weighted by molar-refractivity contribution is -0.137. The topological polar surface area (TPSA) is 73.4 Å². The second-order valence-corrected chi connectivity index (χ2v) is 7.85. The van der Waals surface area contributed by atoms with E-state index in [1.54, 1.807) is 11.9 Å². The Bertz CT molecular complexity index is 1070. The zero-order valence-electron chi connectivity index (χ0n) is 17.0. The Morgan fingerprint density at radius 3 is 2.55 bits per heavy atom. The molecule has 1 aromatic carbocycles. The van der Waals surface area contributed by atoms with Crippen molar-refractivity contribution in [3.63, 3.8) is 0 Å². The smallest absolute Gasteiger partial charge is 0.330 e. The highest BCUT2D eigenvalue weighted by Crippen LogP contribution is 2.37. The lowest BCUT2D eigenvalue weighted by atomic mass is 10.0. The Kier molecular flexibility index (Phi) is 5.30. The van der Waals surface area contributed by atoms with Crippen LogP contribution in [0.15, 0.2) is 35.7 Å². The average Bonchev–Trinajstić information content (AvgIpc) is 3.11. The Balaban J connectivity index is 1.63. The molecular weight excluding hydrogens is 433 g/mol. The van der Waals surface area contributed by atoms with Crippen LogP contribution in [0.2, 0.25) is 5.02 Å². The van der Waals surface area contributed by atoms with Crippen molar-refractivity contribution in [2.75, 3.05) is 11.6 Å². The van der Waals surface area contributed by atoms with E-state index < -0.39 is 28.7 Å². The molecule has 0 unspecified atom stereocenters. The van der Waals surface area contributed by atoms with Gasteiger partial charge in [-0.3, -0.25) is 4.79 Å². The number of nitrogens with zero attached hydrogens (tertiary/aromatic N) is 4. The number of alkyl halides is 3. The standard InChI is InChI=1S/C20H20ClF3N6O/c1-10-9-11(2)26-19(25-10)30-15-7-8-29(12(3)17(15)27-28-30)18(31)13-5-4-6-14(16(13)21)20(22,23)24/h4-6,9,12,27-28H,7-8H2,1-3H3/t12-/m1/s1. The van der Waals surface area contributed by atoms with Crippen LogP contribution < -0.4 is 16.0 Å². The molecule has 2 N–H and O–H groups in total. The van der Waals surface area contributed by atoms with Gasteiger partial charge in [0.1, 0.15) is 0 Å². The minimum absolute atomic E-state index is 0.173. The molecule has 3 heterocycles. The molecule has 2 aliphatic rings. The molecule has 31 heavy (non-hydrogen) atoms. The van der Waals surface area contributed by atoms with Gasteiger partial charge in [-0.15, -0.1) is 5.53 Å². The minimum Gasteiger partial charge on any atom is -0.330 e. The molecular formula is C20H20ClF3N6O. The SMILES string of the molecule is Cc1cc(C)nc(N2NNC3=C2CCN(C(=O)c2cccc(C(F)(F)F)c2Cl)[C@@H]3C)n1. The number of nitrogens with one attached hydrogen (secondary N) is 2. The van der Waals surface area contributed by atoms with Gasteiger partial charge in [-0.25, -0.2) is 15.0 Å². The molecule has 2 aliphatic heterocycles. The predicted molar refractivity (Wildman–Crippen MR) is 109 cm³/mol. The molecule has 1 atom stereocenters. The number of anilines is 1. The number of aromatic nitrogens is 2. The number of amides is 1. The highest BCUT2D eigenvalue weighted by Gasteiger charge is 2.39. The van der Waals surface area contributed by atoms with Crippen molar-refractivity contribution in [3.05, 3.63) is 63.2 Å². The fraction of sp³-hybridized carbons (Fsp3) is 0.350. The van der Waals surface area contributed by atoms with Gasteiger partial charge >= 0.3 is 6.18 Å². The predicted octanol–water partition coefficient (Wildman–Crippen LogP) is 3.74. The van der Waals surface area contributed by atoms with Crippen LogP contribution in [0.1, 0.15) is 40.7 Å². The number of aryl methyl sites for hydroxylation is 2. The normalized spacial score (nSPS) is 18.9. The minimum atomic E-state index is -4.64. The molecule has 1 amide bonds. The van der Waals surface area contributed by atoms with E-state index in [1.807, 2.05) is 19.9 Å². The Hall–Kier alpha value is -2.85. The van der Waals surface area contributed by atoms with E-state index in [4.69, 9.17) is 11.6 Å². The van der Waals surface area contributed by atoms with Gasteiger partial charge in [0.05, 0.1) is 33.6 Å². The maximum Gasteiger partial charge on any atom is 0.417 e.